The number of hydrogen-bond acceptors (Lipinski definition) is 3. The number of aryl methyl sites for hydroxylation is 1. The number of benzene rings is 1. The number of carbonyl (C=O) groups is 2. The van der Waals surface area contributed by atoms with E-state index in [9.17, 15) is 9.59 Å². The molecule has 1 fully saturated rings. The molecule has 2 aromatic rings. The van der Waals surface area contributed by atoms with E-state index in [4.69, 9.17) is 4.98 Å². The number of anilines is 1. The van der Waals surface area contributed by atoms with Gasteiger partial charge in [-0.05, 0) is 31.9 Å². The van der Waals surface area contributed by atoms with Gasteiger partial charge in [0.15, 0.2) is 0 Å². The Morgan fingerprint density at radius 3 is 2.64 bits per heavy atom. The smallest absolute Gasteiger partial charge is 0.322 e. The van der Waals surface area contributed by atoms with Crippen molar-refractivity contribution >= 4 is 17.6 Å². The normalized spacial score (nSPS) is 16.3. The Hall–Kier alpha value is -2.83. The molecule has 1 aromatic heterocycles. The Balaban J connectivity index is 1.38. The first kappa shape index (κ1) is 18.5. The minimum Gasteiger partial charge on any atom is -0.349 e. The van der Waals surface area contributed by atoms with E-state index >= 15 is 0 Å². The third-order valence-corrected chi connectivity index (χ3v) is 5.84. The molecule has 0 saturated heterocycles. The standard InChI is InChI=1S/C21H27N5O2/c1-14-6-8-16(9-7-14)23-21(28)26-11-10-17-18(13-26)25(2)19(24-17)12-22-20(27)15-4-3-5-15/h6-9,15H,3-5,10-13H2,1-2H3,(H,22,27)(H,23,28). The van der Waals surface area contributed by atoms with Gasteiger partial charge in [-0.3, -0.25) is 4.79 Å². The molecule has 1 aliphatic carbocycles. The van der Waals surface area contributed by atoms with Gasteiger partial charge >= 0.3 is 6.03 Å². The number of carbonyl (C=O) groups excluding carboxylic acids is 2. The van der Waals surface area contributed by atoms with Gasteiger partial charge in [0, 0.05) is 31.6 Å². The van der Waals surface area contributed by atoms with E-state index < -0.39 is 0 Å². The lowest BCUT2D eigenvalue weighted by molar-refractivity contribution is -0.127. The van der Waals surface area contributed by atoms with Gasteiger partial charge in [-0.1, -0.05) is 24.1 Å². The maximum Gasteiger partial charge on any atom is 0.322 e. The quantitative estimate of drug-likeness (QED) is 0.855. The van der Waals surface area contributed by atoms with Crippen molar-refractivity contribution < 1.29 is 9.59 Å². The number of urea groups is 1. The van der Waals surface area contributed by atoms with Crippen LogP contribution in [-0.2, 0) is 31.4 Å². The summed E-state index contributed by atoms with van der Waals surface area (Å²) in [4.78, 5) is 31.2. The molecule has 1 aliphatic heterocycles. The van der Waals surface area contributed by atoms with Crippen LogP contribution in [-0.4, -0.2) is 32.9 Å². The second-order valence-electron chi connectivity index (χ2n) is 7.79. The molecule has 7 heteroatoms. The topological polar surface area (TPSA) is 79.3 Å². The fourth-order valence-electron chi connectivity index (χ4n) is 3.69. The molecule has 2 N–H and O–H groups in total. The summed E-state index contributed by atoms with van der Waals surface area (Å²) in [7, 11) is 1.96. The third-order valence-electron chi connectivity index (χ3n) is 5.84. The molecule has 1 aromatic carbocycles. The van der Waals surface area contributed by atoms with Crippen LogP contribution in [0.15, 0.2) is 24.3 Å². The van der Waals surface area contributed by atoms with E-state index in [1.807, 2.05) is 42.8 Å². The van der Waals surface area contributed by atoms with Gasteiger partial charge in [0.1, 0.15) is 5.82 Å². The van der Waals surface area contributed by atoms with Crippen LogP contribution < -0.4 is 10.6 Å². The van der Waals surface area contributed by atoms with Gasteiger partial charge < -0.3 is 20.1 Å². The van der Waals surface area contributed by atoms with Crippen LogP contribution >= 0.6 is 0 Å². The predicted molar refractivity (Wildman–Crippen MR) is 107 cm³/mol. The van der Waals surface area contributed by atoms with Gasteiger partial charge in [0.05, 0.1) is 24.5 Å². The van der Waals surface area contributed by atoms with E-state index in [0.717, 1.165) is 54.1 Å². The summed E-state index contributed by atoms with van der Waals surface area (Å²) in [5.41, 5.74) is 4.02. The molecule has 2 heterocycles. The Morgan fingerprint density at radius 2 is 1.96 bits per heavy atom. The summed E-state index contributed by atoms with van der Waals surface area (Å²) >= 11 is 0. The number of imidazole rings is 1. The number of fused-ring (bicyclic) bond motifs is 1. The highest BCUT2D eigenvalue weighted by Gasteiger charge is 2.27. The Bertz CT molecular complexity index is 883. The van der Waals surface area contributed by atoms with Crippen LogP contribution in [0.4, 0.5) is 10.5 Å². The summed E-state index contributed by atoms with van der Waals surface area (Å²) in [6.07, 6.45) is 3.86. The monoisotopic (exact) mass is 381 g/mol. The van der Waals surface area contributed by atoms with Crippen molar-refractivity contribution in [2.45, 2.75) is 45.7 Å². The van der Waals surface area contributed by atoms with Gasteiger partial charge in [0.25, 0.3) is 0 Å². The number of hydrogen-bond donors (Lipinski definition) is 2. The molecule has 28 heavy (non-hydrogen) atoms. The number of nitrogens with zero attached hydrogens (tertiary/aromatic N) is 3. The average molecular weight is 381 g/mol. The Labute approximate surface area is 165 Å². The molecule has 2 aliphatic rings. The molecule has 0 atom stereocenters. The maximum absolute atomic E-state index is 12.6. The molecule has 0 bridgehead atoms. The highest BCUT2D eigenvalue weighted by molar-refractivity contribution is 5.89. The fraction of sp³-hybridized carbons (Fsp3) is 0.476. The number of amides is 3. The van der Waals surface area contributed by atoms with Gasteiger partial charge in [-0.2, -0.15) is 0 Å². The summed E-state index contributed by atoms with van der Waals surface area (Å²) in [6.45, 7) is 3.61. The molecule has 7 nitrogen and oxygen atoms in total. The number of aromatic nitrogens is 2. The van der Waals surface area contributed by atoms with Crippen molar-refractivity contribution in [3.8, 4) is 0 Å². The minimum absolute atomic E-state index is 0.101. The summed E-state index contributed by atoms with van der Waals surface area (Å²) in [6, 6.07) is 7.69. The molecule has 0 unspecified atom stereocenters. The molecule has 4 rings (SSSR count). The molecule has 0 spiro atoms. The van der Waals surface area contributed by atoms with Crippen molar-refractivity contribution in [1.29, 1.82) is 0 Å². The zero-order valence-electron chi connectivity index (χ0n) is 16.5. The number of rotatable bonds is 4. The first-order valence-corrected chi connectivity index (χ1v) is 9.95. The van der Waals surface area contributed by atoms with Crippen LogP contribution in [0.1, 0.15) is 42.0 Å². The van der Waals surface area contributed by atoms with Crippen molar-refractivity contribution in [2.75, 3.05) is 11.9 Å². The zero-order chi connectivity index (χ0) is 19.7. The molecular weight excluding hydrogens is 354 g/mol. The van der Waals surface area contributed by atoms with Crippen LogP contribution in [0.5, 0.6) is 0 Å². The summed E-state index contributed by atoms with van der Waals surface area (Å²) < 4.78 is 2.02. The van der Waals surface area contributed by atoms with Gasteiger partial charge in [-0.25, -0.2) is 9.78 Å². The predicted octanol–water partition coefficient (Wildman–Crippen LogP) is 2.74. The summed E-state index contributed by atoms with van der Waals surface area (Å²) in [5, 5.41) is 5.97. The highest BCUT2D eigenvalue weighted by Crippen LogP contribution is 2.26. The van der Waals surface area contributed by atoms with Crippen molar-refractivity contribution in [3.05, 3.63) is 47.0 Å². The first-order valence-electron chi connectivity index (χ1n) is 9.95. The zero-order valence-corrected chi connectivity index (χ0v) is 16.5. The second-order valence-corrected chi connectivity index (χ2v) is 7.79. The van der Waals surface area contributed by atoms with E-state index in [1.54, 1.807) is 4.90 Å². The maximum atomic E-state index is 12.6. The van der Waals surface area contributed by atoms with E-state index in [1.165, 1.54) is 0 Å². The second kappa shape index (κ2) is 7.66. The molecule has 3 amide bonds. The lowest BCUT2D eigenvalue weighted by Gasteiger charge is -2.27. The van der Waals surface area contributed by atoms with E-state index in [0.29, 0.717) is 19.6 Å². The number of nitrogens with one attached hydrogen (secondary N) is 2. The lowest BCUT2D eigenvalue weighted by Crippen LogP contribution is -2.39. The van der Waals surface area contributed by atoms with Gasteiger partial charge in [0.2, 0.25) is 5.91 Å². The van der Waals surface area contributed by atoms with Crippen molar-refractivity contribution in [3.63, 3.8) is 0 Å². The lowest BCUT2D eigenvalue weighted by atomic mass is 9.85. The largest absolute Gasteiger partial charge is 0.349 e. The average Bonchev–Trinajstić information content (AvgIpc) is 2.96. The molecule has 1 saturated carbocycles. The molecule has 0 radical (unpaired) electrons. The third kappa shape index (κ3) is 3.74. The van der Waals surface area contributed by atoms with E-state index in [-0.39, 0.29) is 17.9 Å². The van der Waals surface area contributed by atoms with Crippen LogP contribution in [0.2, 0.25) is 0 Å². The highest BCUT2D eigenvalue weighted by atomic mass is 16.2. The SMILES string of the molecule is Cc1ccc(NC(=O)N2CCc3nc(CNC(=O)C4CCC4)n(C)c3C2)cc1. The Kier molecular flexibility index (Phi) is 5.07. The van der Waals surface area contributed by atoms with Crippen molar-refractivity contribution in [2.24, 2.45) is 13.0 Å². The molecular formula is C21H27N5O2. The molecule has 148 valence electrons. The van der Waals surface area contributed by atoms with Gasteiger partial charge in [-0.15, -0.1) is 0 Å². The van der Waals surface area contributed by atoms with E-state index in [2.05, 4.69) is 10.6 Å². The van der Waals surface area contributed by atoms with Crippen LogP contribution in [0, 0.1) is 12.8 Å². The van der Waals surface area contributed by atoms with Crippen molar-refractivity contribution in [1.82, 2.24) is 19.8 Å². The minimum atomic E-state index is -0.101. The summed E-state index contributed by atoms with van der Waals surface area (Å²) in [5.74, 6) is 1.15. The van der Waals surface area contributed by atoms with Crippen LogP contribution in [0.3, 0.4) is 0 Å². The fourth-order valence-corrected chi connectivity index (χ4v) is 3.69. The van der Waals surface area contributed by atoms with Crippen LogP contribution in [0.25, 0.3) is 0 Å². The Morgan fingerprint density at radius 1 is 1.21 bits per heavy atom. The first-order chi connectivity index (χ1) is 13.5.